The summed E-state index contributed by atoms with van der Waals surface area (Å²) >= 11 is 1.53. The van der Waals surface area contributed by atoms with Gasteiger partial charge in [-0.2, -0.15) is 5.26 Å². The van der Waals surface area contributed by atoms with Crippen molar-refractivity contribution in [2.45, 2.75) is 13.0 Å². The highest BCUT2D eigenvalue weighted by molar-refractivity contribution is 7.18. The molecule has 0 aliphatic carbocycles. The average Bonchev–Trinajstić information content (AvgIpc) is 3.19. The number of amides is 1. The predicted molar refractivity (Wildman–Crippen MR) is 108 cm³/mol. The van der Waals surface area contributed by atoms with Crippen molar-refractivity contribution >= 4 is 33.4 Å². The van der Waals surface area contributed by atoms with Crippen LogP contribution in [0.5, 0.6) is 5.75 Å². The minimum Gasteiger partial charge on any atom is -0.482 e. The second-order valence-corrected chi connectivity index (χ2v) is 7.35. The van der Waals surface area contributed by atoms with Gasteiger partial charge in [-0.25, -0.2) is 9.78 Å². The van der Waals surface area contributed by atoms with E-state index in [1.165, 1.54) is 16.2 Å². The van der Waals surface area contributed by atoms with Crippen molar-refractivity contribution < 1.29 is 19.1 Å². The zero-order chi connectivity index (χ0) is 20.8. The maximum Gasteiger partial charge on any atom is 0.344 e. The number of carbonyl (C=O) groups excluding carboxylic acids is 2. The molecule has 148 valence electrons. The summed E-state index contributed by atoms with van der Waals surface area (Å²) in [5.41, 5.74) is 1.39. The zero-order valence-electron chi connectivity index (χ0n) is 16.0. The molecular formula is C21H19N3O4S. The van der Waals surface area contributed by atoms with Crippen LogP contribution >= 0.6 is 11.3 Å². The number of esters is 1. The molecule has 3 rings (SSSR count). The van der Waals surface area contributed by atoms with Crippen LogP contribution in [0.1, 0.15) is 23.5 Å². The van der Waals surface area contributed by atoms with Crippen LogP contribution in [-0.2, 0) is 14.3 Å². The lowest BCUT2D eigenvalue weighted by molar-refractivity contribution is -0.153. The third-order valence-electron chi connectivity index (χ3n) is 4.34. The van der Waals surface area contributed by atoms with Gasteiger partial charge in [-0.1, -0.05) is 12.1 Å². The molecule has 1 heterocycles. The monoisotopic (exact) mass is 409 g/mol. The molecule has 0 spiro atoms. The fraction of sp³-hybridized carbons (Fsp3) is 0.238. The number of fused-ring (bicyclic) bond motifs is 1. The molecule has 0 radical (unpaired) electrons. The van der Waals surface area contributed by atoms with Gasteiger partial charge >= 0.3 is 5.97 Å². The fourth-order valence-electron chi connectivity index (χ4n) is 2.50. The highest BCUT2D eigenvalue weighted by atomic mass is 32.1. The van der Waals surface area contributed by atoms with Gasteiger partial charge in [0.2, 0.25) is 0 Å². The first-order chi connectivity index (χ1) is 14.0. The molecule has 0 unspecified atom stereocenters. The molecule has 0 bridgehead atoms. The lowest BCUT2D eigenvalue weighted by Gasteiger charge is -2.23. The number of nitriles is 1. The number of likely N-dealkylation sites (N-methyl/N-ethyl adjacent to an activating group) is 1. The van der Waals surface area contributed by atoms with E-state index in [2.05, 4.69) is 4.98 Å². The Balaban J connectivity index is 1.48. The van der Waals surface area contributed by atoms with Gasteiger partial charge in [0.15, 0.2) is 13.2 Å². The molecule has 7 nitrogen and oxygen atoms in total. The summed E-state index contributed by atoms with van der Waals surface area (Å²) in [6, 6.07) is 15.9. The smallest absolute Gasteiger partial charge is 0.344 e. The number of carbonyl (C=O) groups is 2. The van der Waals surface area contributed by atoms with Gasteiger partial charge in [-0.15, -0.1) is 11.3 Å². The van der Waals surface area contributed by atoms with E-state index in [-0.39, 0.29) is 25.2 Å². The van der Waals surface area contributed by atoms with E-state index >= 15 is 0 Å². The number of thiazole rings is 1. The molecule has 8 heteroatoms. The third kappa shape index (κ3) is 5.09. The Morgan fingerprint density at radius 2 is 1.90 bits per heavy atom. The van der Waals surface area contributed by atoms with Crippen molar-refractivity contribution in [3.63, 3.8) is 0 Å². The van der Waals surface area contributed by atoms with Crippen molar-refractivity contribution in [2.24, 2.45) is 0 Å². The Morgan fingerprint density at radius 1 is 1.17 bits per heavy atom. The number of benzene rings is 2. The van der Waals surface area contributed by atoms with Gasteiger partial charge in [0.05, 0.1) is 27.9 Å². The van der Waals surface area contributed by atoms with Crippen molar-refractivity contribution in [3.05, 3.63) is 59.1 Å². The van der Waals surface area contributed by atoms with Gasteiger partial charge in [0.1, 0.15) is 10.8 Å². The van der Waals surface area contributed by atoms with Crippen LogP contribution in [0.3, 0.4) is 0 Å². The third-order valence-corrected chi connectivity index (χ3v) is 5.55. The van der Waals surface area contributed by atoms with Gasteiger partial charge in [0.25, 0.3) is 5.91 Å². The summed E-state index contributed by atoms with van der Waals surface area (Å²) in [6.45, 7) is 1.18. The molecular weight excluding hydrogens is 390 g/mol. The van der Waals surface area contributed by atoms with Crippen LogP contribution < -0.4 is 4.74 Å². The van der Waals surface area contributed by atoms with Crippen LogP contribution in [0.2, 0.25) is 0 Å². The molecule has 0 fully saturated rings. The van der Waals surface area contributed by atoms with E-state index in [9.17, 15) is 9.59 Å². The lowest BCUT2D eigenvalue weighted by Crippen LogP contribution is -2.34. The van der Waals surface area contributed by atoms with E-state index in [4.69, 9.17) is 14.7 Å². The number of hydrogen-bond donors (Lipinski definition) is 0. The maximum absolute atomic E-state index is 12.4. The minimum absolute atomic E-state index is 0.242. The molecule has 29 heavy (non-hydrogen) atoms. The van der Waals surface area contributed by atoms with Crippen LogP contribution in [0.25, 0.3) is 10.2 Å². The first-order valence-electron chi connectivity index (χ1n) is 8.87. The molecule has 0 N–H and O–H groups in total. The summed E-state index contributed by atoms with van der Waals surface area (Å²) in [7, 11) is 1.65. The summed E-state index contributed by atoms with van der Waals surface area (Å²) < 4.78 is 11.4. The van der Waals surface area contributed by atoms with Gasteiger partial charge in [-0.05, 0) is 43.3 Å². The number of nitrogens with zero attached hydrogens (tertiary/aromatic N) is 3. The van der Waals surface area contributed by atoms with E-state index in [0.717, 1.165) is 15.2 Å². The standard InChI is InChI=1S/C21H19N3O4S/c1-14(21-23-17-5-3-4-6-18(17)29-21)24(2)19(25)12-28-20(26)13-27-16-9-7-15(11-22)8-10-16/h3-10,14H,12-13H2,1-2H3/t14-/m0/s1. The first kappa shape index (κ1) is 20.3. The van der Waals surface area contributed by atoms with Crippen molar-refractivity contribution in [2.75, 3.05) is 20.3 Å². The molecule has 0 aliphatic heterocycles. The average molecular weight is 409 g/mol. The SMILES string of the molecule is C[C@@H](c1nc2ccccc2s1)N(C)C(=O)COC(=O)COc1ccc(C#N)cc1. The molecule has 1 aromatic heterocycles. The second-order valence-electron chi connectivity index (χ2n) is 6.29. The topological polar surface area (TPSA) is 92.5 Å². The van der Waals surface area contributed by atoms with Crippen molar-refractivity contribution in [1.29, 1.82) is 5.26 Å². The second kappa shape index (κ2) is 9.17. The van der Waals surface area contributed by atoms with E-state index in [1.54, 1.807) is 31.3 Å². The fourth-order valence-corrected chi connectivity index (χ4v) is 3.57. The largest absolute Gasteiger partial charge is 0.482 e. The molecule has 1 amide bonds. The van der Waals surface area contributed by atoms with Gasteiger partial charge in [-0.3, -0.25) is 4.79 Å². The highest BCUT2D eigenvalue weighted by Crippen LogP contribution is 2.28. The number of hydrogen-bond acceptors (Lipinski definition) is 7. The molecule has 0 aliphatic rings. The Kier molecular flexibility index (Phi) is 6.42. The van der Waals surface area contributed by atoms with Crippen LogP contribution in [0.15, 0.2) is 48.5 Å². The van der Waals surface area contributed by atoms with Crippen LogP contribution in [0, 0.1) is 11.3 Å². The van der Waals surface area contributed by atoms with Crippen molar-refractivity contribution in [1.82, 2.24) is 9.88 Å². The Labute approximate surface area is 172 Å². The summed E-state index contributed by atoms with van der Waals surface area (Å²) in [6.07, 6.45) is 0. The maximum atomic E-state index is 12.4. The van der Waals surface area contributed by atoms with Crippen molar-refractivity contribution in [3.8, 4) is 11.8 Å². The minimum atomic E-state index is -0.649. The quantitative estimate of drug-likeness (QED) is 0.556. The number of ether oxygens (including phenoxy) is 2. The summed E-state index contributed by atoms with van der Waals surface area (Å²) in [4.78, 5) is 30.3. The van der Waals surface area contributed by atoms with Gasteiger partial charge < -0.3 is 14.4 Å². The summed E-state index contributed by atoms with van der Waals surface area (Å²) in [5, 5.41) is 9.57. The van der Waals surface area contributed by atoms with E-state index in [0.29, 0.717) is 11.3 Å². The molecule has 0 saturated heterocycles. The Hall–Kier alpha value is -3.44. The zero-order valence-corrected chi connectivity index (χ0v) is 16.8. The first-order valence-corrected chi connectivity index (χ1v) is 9.69. The number of aromatic nitrogens is 1. The number of rotatable bonds is 7. The Bertz CT molecular complexity index is 1020. The van der Waals surface area contributed by atoms with Crippen LogP contribution in [0.4, 0.5) is 0 Å². The highest BCUT2D eigenvalue weighted by Gasteiger charge is 2.21. The lowest BCUT2D eigenvalue weighted by atomic mass is 10.2. The predicted octanol–water partition coefficient (Wildman–Crippen LogP) is 3.31. The van der Waals surface area contributed by atoms with Crippen LogP contribution in [-0.4, -0.2) is 42.0 Å². The molecule has 3 aromatic rings. The number of para-hydroxylation sites is 1. The molecule has 1 atom stereocenters. The van der Waals surface area contributed by atoms with E-state index in [1.807, 2.05) is 37.3 Å². The molecule has 2 aromatic carbocycles. The molecule has 0 saturated carbocycles. The normalized spacial score (nSPS) is 11.5. The van der Waals surface area contributed by atoms with E-state index < -0.39 is 5.97 Å². The van der Waals surface area contributed by atoms with Gasteiger partial charge in [0, 0.05) is 7.05 Å². The summed E-state index contributed by atoms with van der Waals surface area (Å²) in [5.74, 6) is -0.541. The Morgan fingerprint density at radius 3 is 2.59 bits per heavy atom.